The van der Waals surface area contributed by atoms with Crippen molar-refractivity contribution in [1.82, 2.24) is 4.98 Å². The molecule has 2 aromatic carbocycles. The molecule has 0 fully saturated rings. The summed E-state index contributed by atoms with van der Waals surface area (Å²) in [5.74, 6) is -0.325. The van der Waals surface area contributed by atoms with Gasteiger partial charge >= 0.3 is 0 Å². The van der Waals surface area contributed by atoms with Crippen molar-refractivity contribution in [3.63, 3.8) is 0 Å². The molecule has 0 amide bonds. The third-order valence-electron chi connectivity index (χ3n) is 4.04. The highest BCUT2D eigenvalue weighted by Crippen LogP contribution is 2.26. The summed E-state index contributed by atoms with van der Waals surface area (Å²) < 4.78 is 18.3. The van der Waals surface area contributed by atoms with Crippen molar-refractivity contribution in [1.29, 1.82) is 0 Å². The Labute approximate surface area is 138 Å². The van der Waals surface area contributed by atoms with Crippen molar-refractivity contribution < 1.29 is 13.9 Å². The molecule has 0 saturated heterocycles. The molecule has 1 unspecified atom stereocenters. The van der Waals surface area contributed by atoms with Crippen LogP contribution in [0.2, 0.25) is 0 Å². The van der Waals surface area contributed by atoms with Crippen LogP contribution in [0.3, 0.4) is 0 Å². The minimum absolute atomic E-state index is 0.325. The first-order valence-electron chi connectivity index (χ1n) is 7.58. The Bertz CT molecular complexity index is 975. The van der Waals surface area contributed by atoms with Gasteiger partial charge in [-0.3, -0.25) is 4.98 Å². The number of pyridine rings is 1. The van der Waals surface area contributed by atoms with E-state index < -0.39 is 6.10 Å². The number of nitrogens with zero attached hydrogens (tertiary/aromatic N) is 1. The lowest BCUT2D eigenvalue weighted by Crippen LogP contribution is -2.00. The summed E-state index contributed by atoms with van der Waals surface area (Å²) in [5.41, 5.74) is 3.92. The highest BCUT2D eigenvalue weighted by atomic mass is 19.1. The second-order valence-corrected chi connectivity index (χ2v) is 5.60. The molecule has 4 rings (SSSR count). The first-order valence-corrected chi connectivity index (χ1v) is 7.58. The molecule has 0 aliphatic heterocycles. The normalized spacial score (nSPS) is 12.4. The maximum Gasteiger partial charge on any atom is 0.133 e. The van der Waals surface area contributed by atoms with E-state index in [9.17, 15) is 9.50 Å². The van der Waals surface area contributed by atoms with Gasteiger partial charge in [-0.1, -0.05) is 18.2 Å². The third-order valence-corrected chi connectivity index (χ3v) is 4.04. The van der Waals surface area contributed by atoms with E-state index in [1.165, 1.54) is 12.1 Å². The van der Waals surface area contributed by atoms with Crippen molar-refractivity contribution >= 4 is 11.0 Å². The van der Waals surface area contributed by atoms with Crippen molar-refractivity contribution in [2.24, 2.45) is 0 Å². The number of benzene rings is 2. The number of aliphatic hydroxyl groups is 1. The average molecular weight is 319 g/mol. The molecule has 0 spiro atoms. The van der Waals surface area contributed by atoms with E-state index >= 15 is 0 Å². The van der Waals surface area contributed by atoms with Gasteiger partial charge in [0.2, 0.25) is 0 Å². The van der Waals surface area contributed by atoms with Gasteiger partial charge in [0.1, 0.15) is 17.5 Å². The number of hydrogen-bond acceptors (Lipinski definition) is 3. The Kier molecular flexibility index (Phi) is 3.59. The van der Waals surface area contributed by atoms with E-state index in [0.717, 1.165) is 22.2 Å². The van der Waals surface area contributed by atoms with Crippen LogP contribution < -0.4 is 0 Å². The van der Waals surface area contributed by atoms with Crippen LogP contribution in [0, 0.1) is 5.82 Å². The zero-order valence-electron chi connectivity index (χ0n) is 12.7. The first kappa shape index (κ1) is 14.6. The van der Waals surface area contributed by atoms with Crippen LogP contribution in [0.1, 0.15) is 17.2 Å². The van der Waals surface area contributed by atoms with Gasteiger partial charge in [-0.2, -0.15) is 0 Å². The molecule has 118 valence electrons. The quantitative estimate of drug-likeness (QED) is 0.594. The molecule has 1 N–H and O–H groups in total. The number of fused-ring (bicyclic) bond motifs is 1. The maximum atomic E-state index is 13.0. The topological polar surface area (TPSA) is 46.3 Å². The van der Waals surface area contributed by atoms with E-state index in [4.69, 9.17) is 4.42 Å². The number of aromatic nitrogens is 1. The fourth-order valence-corrected chi connectivity index (χ4v) is 2.70. The van der Waals surface area contributed by atoms with Crippen LogP contribution in [0.25, 0.3) is 22.2 Å². The summed E-state index contributed by atoms with van der Waals surface area (Å²) >= 11 is 0. The van der Waals surface area contributed by atoms with Gasteiger partial charge in [-0.05, 0) is 48.0 Å². The summed E-state index contributed by atoms with van der Waals surface area (Å²) in [6.45, 7) is 0. The van der Waals surface area contributed by atoms with Gasteiger partial charge in [-0.25, -0.2) is 4.39 Å². The zero-order valence-corrected chi connectivity index (χ0v) is 12.7. The Morgan fingerprint density at radius 2 is 1.71 bits per heavy atom. The number of hydrogen-bond donors (Lipinski definition) is 1. The Hall–Kier alpha value is -2.98. The van der Waals surface area contributed by atoms with Crippen LogP contribution in [0.4, 0.5) is 4.39 Å². The van der Waals surface area contributed by atoms with E-state index in [0.29, 0.717) is 11.1 Å². The lowest BCUT2D eigenvalue weighted by molar-refractivity contribution is 0.220. The van der Waals surface area contributed by atoms with E-state index in [-0.39, 0.29) is 5.82 Å². The monoisotopic (exact) mass is 319 g/mol. The Morgan fingerprint density at radius 3 is 2.46 bits per heavy atom. The Balaban J connectivity index is 1.63. The van der Waals surface area contributed by atoms with Crippen LogP contribution in [-0.2, 0) is 0 Å². The van der Waals surface area contributed by atoms with Crippen LogP contribution in [0.15, 0.2) is 77.5 Å². The summed E-state index contributed by atoms with van der Waals surface area (Å²) in [6.07, 6.45) is 2.47. The molecule has 2 aromatic heterocycles. The van der Waals surface area contributed by atoms with Crippen molar-refractivity contribution in [3.05, 3.63) is 90.1 Å². The molecular formula is C20H14FNO2. The molecule has 2 heterocycles. The highest BCUT2D eigenvalue weighted by molar-refractivity contribution is 5.82. The number of furan rings is 1. The molecule has 0 aliphatic rings. The van der Waals surface area contributed by atoms with Crippen molar-refractivity contribution in [3.8, 4) is 11.3 Å². The van der Waals surface area contributed by atoms with E-state index in [1.807, 2.05) is 36.4 Å². The molecule has 0 radical (unpaired) electrons. The van der Waals surface area contributed by atoms with Gasteiger partial charge in [0.15, 0.2) is 0 Å². The van der Waals surface area contributed by atoms with Crippen molar-refractivity contribution in [2.75, 3.05) is 0 Å². The number of halogens is 1. The second-order valence-electron chi connectivity index (χ2n) is 5.60. The smallest absolute Gasteiger partial charge is 0.133 e. The van der Waals surface area contributed by atoms with Crippen LogP contribution >= 0.6 is 0 Å². The van der Waals surface area contributed by atoms with Gasteiger partial charge in [0.05, 0.1) is 12.0 Å². The molecule has 4 heteroatoms. The Morgan fingerprint density at radius 1 is 0.917 bits per heavy atom. The summed E-state index contributed by atoms with van der Waals surface area (Å²) in [7, 11) is 0. The van der Waals surface area contributed by atoms with Gasteiger partial charge in [-0.15, -0.1) is 0 Å². The molecule has 24 heavy (non-hydrogen) atoms. The van der Waals surface area contributed by atoms with Gasteiger partial charge in [0.25, 0.3) is 0 Å². The maximum absolute atomic E-state index is 13.0. The summed E-state index contributed by atoms with van der Waals surface area (Å²) in [4.78, 5) is 4.44. The van der Waals surface area contributed by atoms with E-state index in [2.05, 4.69) is 4.98 Å². The molecule has 1 atom stereocenters. The predicted molar refractivity (Wildman–Crippen MR) is 89.9 cm³/mol. The summed E-state index contributed by atoms with van der Waals surface area (Å²) in [5, 5.41) is 11.4. The molecule has 0 saturated carbocycles. The highest BCUT2D eigenvalue weighted by Gasteiger charge is 2.11. The molecule has 0 bridgehead atoms. The van der Waals surface area contributed by atoms with Crippen LogP contribution in [0.5, 0.6) is 0 Å². The third kappa shape index (κ3) is 2.68. The lowest BCUT2D eigenvalue weighted by atomic mass is 10.0. The molecular weight excluding hydrogens is 305 g/mol. The zero-order chi connectivity index (χ0) is 16.5. The molecule has 0 aliphatic carbocycles. The first-order chi connectivity index (χ1) is 11.7. The molecule has 3 nitrogen and oxygen atoms in total. The fraction of sp³-hybridized carbons (Fsp3) is 0.0500. The minimum Gasteiger partial charge on any atom is -0.464 e. The summed E-state index contributed by atoms with van der Waals surface area (Å²) in [6, 6.07) is 17.3. The van der Waals surface area contributed by atoms with Crippen molar-refractivity contribution in [2.45, 2.75) is 6.10 Å². The minimum atomic E-state index is -0.830. The SMILES string of the molecule is OC(c1ccc(F)cc1)c1ccc(-c2ccc3occc3c2)nc1. The number of aliphatic hydroxyl groups excluding tert-OH is 1. The molecule has 4 aromatic rings. The van der Waals surface area contributed by atoms with Crippen LogP contribution in [-0.4, -0.2) is 10.1 Å². The lowest BCUT2D eigenvalue weighted by Gasteiger charge is -2.11. The fourth-order valence-electron chi connectivity index (χ4n) is 2.70. The largest absolute Gasteiger partial charge is 0.464 e. The number of rotatable bonds is 3. The van der Waals surface area contributed by atoms with E-state index in [1.54, 1.807) is 24.6 Å². The second kappa shape index (κ2) is 5.91. The average Bonchev–Trinajstić information content (AvgIpc) is 3.09. The van der Waals surface area contributed by atoms with Gasteiger partial charge < -0.3 is 9.52 Å². The van der Waals surface area contributed by atoms with Gasteiger partial charge in [0, 0.05) is 22.7 Å². The standard InChI is InChI=1S/C20H14FNO2/c21-17-5-1-13(2-6-17)20(23)16-3-7-18(22-12-16)14-4-8-19-15(11-14)9-10-24-19/h1-12,20,23H. The predicted octanol–water partition coefficient (Wildman–Crippen LogP) is 4.72.